The smallest absolute Gasteiger partial charge is 0.115 e. The van der Waals surface area contributed by atoms with Crippen molar-refractivity contribution in [3.63, 3.8) is 0 Å². The highest BCUT2D eigenvalue weighted by Crippen LogP contribution is 2.59. The fourth-order valence-electron chi connectivity index (χ4n) is 18.2. The van der Waals surface area contributed by atoms with Crippen LogP contribution in [-0.4, -0.2) is 58.4 Å². The molecular formula is C51H84N4. The summed E-state index contributed by atoms with van der Waals surface area (Å²) in [4.78, 5) is 6.55. The first-order chi connectivity index (χ1) is 27.2. The predicted octanol–water partition coefficient (Wildman–Crippen LogP) is 11.5. The van der Waals surface area contributed by atoms with Crippen molar-refractivity contribution in [2.24, 2.45) is 65.1 Å². The van der Waals surface area contributed by atoms with E-state index < -0.39 is 0 Å². The Balaban J connectivity index is 0.851. The summed E-state index contributed by atoms with van der Waals surface area (Å²) in [5.74, 6) is 10.6. The van der Waals surface area contributed by atoms with Crippen molar-refractivity contribution in [2.75, 3.05) is 0 Å². The molecule has 55 heavy (non-hydrogen) atoms. The number of nitrogens with zero attached hydrogens (tertiary/aromatic N) is 2. The van der Waals surface area contributed by atoms with Crippen molar-refractivity contribution in [1.29, 1.82) is 0 Å². The lowest BCUT2D eigenvalue weighted by Gasteiger charge is -2.51. The molecule has 3 saturated heterocycles. The minimum absolute atomic E-state index is 0.384. The Morgan fingerprint density at radius 3 is 1.78 bits per heavy atom. The van der Waals surface area contributed by atoms with Crippen molar-refractivity contribution in [3.8, 4) is 0 Å². The highest BCUT2D eigenvalue weighted by Gasteiger charge is 2.59. The average Bonchev–Trinajstić information content (AvgIpc) is 3.76. The minimum atomic E-state index is 0.384. The SMILES string of the molecule is CC1CCC(C2CC(C3CCCCC3)NC(N3C4C=CCC(C5CCC6C(C5)C5CCCC[C@H]5N6C5CCCC6CCCCC65)C4C4CCCCC43)N2)CC1. The Labute approximate surface area is 338 Å². The van der Waals surface area contributed by atoms with Gasteiger partial charge in [0, 0.05) is 42.3 Å². The van der Waals surface area contributed by atoms with Crippen LogP contribution in [0.4, 0.5) is 0 Å². The van der Waals surface area contributed by atoms with Gasteiger partial charge in [0.1, 0.15) is 6.29 Å². The third-order valence-electron chi connectivity index (χ3n) is 20.6. The summed E-state index contributed by atoms with van der Waals surface area (Å²) in [6.45, 7) is 2.52. The highest BCUT2D eigenvalue weighted by molar-refractivity contribution is 5.18. The van der Waals surface area contributed by atoms with E-state index in [0.29, 0.717) is 18.4 Å². The van der Waals surface area contributed by atoms with Crippen molar-refractivity contribution >= 4 is 0 Å². The molecule has 4 heteroatoms. The predicted molar refractivity (Wildman–Crippen MR) is 227 cm³/mol. The second-order valence-electron chi connectivity index (χ2n) is 22.9. The Kier molecular flexibility index (Phi) is 11.1. The largest absolute Gasteiger partial charge is 0.294 e. The summed E-state index contributed by atoms with van der Waals surface area (Å²) in [6.07, 6.45) is 49.5. The molecule has 11 rings (SSSR count). The molecule has 0 bridgehead atoms. The number of rotatable bonds is 5. The Morgan fingerprint density at radius 1 is 0.418 bits per heavy atom. The number of fused-ring (bicyclic) bond motifs is 7. The fourth-order valence-corrected chi connectivity index (χ4v) is 18.2. The summed E-state index contributed by atoms with van der Waals surface area (Å²) < 4.78 is 0. The Morgan fingerprint density at radius 2 is 0.982 bits per heavy atom. The minimum Gasteiger partial charge on any atom is -0.294 e. The normalized spacial score (nSPS) is 52.5. The molecule has 0 aromatic carbocycles. The molecule has 7 saturated carbocycles. The molecule has 308 valence electrons. The van der Waals surface area contributed by atoms with Gasteiger partial charge in [-0.2, -0.15) is 0 Å². The number of likely N-dealkylation sites (tertiary alicyclic amines) is 2. The van der Waals surface area contributed by atoms with E-state index in [-0.39, 0.29) is 0 Å². The van der Waals surface area contributed by atoms with Gasteiger partial charge in [-0.25, -0.2) is 0 Å². The van der Waals surface area contributed by atoms with Crippen LogP contribution in [0.15, 0.2) is 12.2 Å². The maximum atomic E-state index is 4.50. The van der Waals surface area contributed by atoms with Gasteiger partial charge in [-0.1, -0.05) is 109 Å². The van der Waals surface area contributed by atoms with Gasteiger partial charge in [0.05, 0.1) is 0 Å². The van der Waals surface area contributed by atoms with Crippen LogP contribution in [0.3, 0.4) is 0 Å². The summed E-state index contributed by atoms with van der Waals surface area (Å²) in [7, 11) is 0. The molecule has 0 amide bonds. The molecule has 16 atom stereocenters. The summed E-state index contributed by atoms with van der Waals surface area (Å²) >= 11 is 0. The van der Waals surface area contributed by atoms with Gasteiger partial charge in [-0.3, -0.25) is 20.4 Å². The van der Waals surface area contributed by atoms with E-state index in [4.69, 9.17) is 0 Å². The molecule has 11 aliphatic rings. The maximum Gasteiger partial charge on any atom is 0.115 e. The monoisotopic (exact) mass is 753 g/mol. The number of hydrogen-bond acceptors (Lipinski definition) is 4. The fraction of sp³-hybridized carbons (Fsp3) is 0.961. The molecule has 2 N–H and O–H groups in total. The molecule has 15 unspecified atom stereocenters. The highest BCUT2D eigenvalue weighted by atomic mass is 15.4. The zero-order valence-electron chi connectivity index (χ0n) is 35.5. The van der Waals surface area contributed by atoms with Crippen LogP contribution in [-0.2, 0) is 0 Å². The van der Waals surface area contributed by atoms with Gasteiger partial charge < -0.3 is 0 Å². The first kappa shape index (κ1) is 37.6. The van der Waals surface area contributed by atoms with Crippen LogP contribution in [0.1, 0.15) is 193 Å². The van der Waals surface area contributed by atoms with E-state index in [2.05, 4.69) is 39.5 Å². The van der Waals surface area contributed by atoms with Gasteiger partial charge in [0.25, 0.3) is 0 Å². The molecule has 10 fully saturated rings. The lowest BCUT2D eigenvalue weighted by atomic mass is 9.60. The molecular weight excluding hydrogens is 669 g/mol. The maximum absolute atomic E-state index is 4.50. The first-order valence-corrected chi connectivity index (χ1v) is 25.9. The second kappa shape index (κ2) is 16.2. The van der Waals surface area contributed by atoms with Crippen LogP contribution in [0.5, 0.6) is 0 Å². The van der Waals surface area contributed by atoms with Crippen LogP contribution in [0.25, 0.3) is 0 Å². The molecule has 0 spiro atoms. The van der Waals surface area contributed by atoms with Gasteiger partial charge in [-0.05, 0) is 161 Å². The van der Waals surface area contributed by atoms with Gasteiger partial charge in [0.2, 0.25) is 0 Å². The molecule has 8 aliphatic carbocycles. The van der Waals surface area contributed by atoms with Gasteiger partial charge in [0.15, 0.2) is 0 Å². The third kappa shape index (κ3) is 6.91. The summed E-state index contributed by atoms with van der Waals surface area (Å²) in [5.41, 5.74) is 0. The van der Waals surface area contributed by atoms with E-state index in [9.17, 15) is 0 Å². The molecule has 0 aromatic rings. The lowest BCUT2D eigenvalue weighted by Crippen LogP contribution is -2.69. The zero-order chi connectivity index (χ0) is 36.5. The van der Waals surface area contributed by atoms with Crippen LogP contribution in [0.2, 0.25) is 0 Å². The van der Waals surface area contributed by atoms with Crippen molar-refractivity contribution in [1.82, 2.24) is 20.4 Å². The third-order valence-corrected chi connectivity index (χ3v) is 20.6. The number of allylic oxidation sites excluding steroid dienone is 1. The summed E-state index contributed by atoms with van der Waals surface area (Å²) in [5, 5.41) is 9.00. The van der Waals surface area contributed by atoms with Crippen molar-refractivity contribution in [3.05, 3.63) is 12.2 Å². The van der Waals surface area contributed by atoms with Gasteiger partial charge in [-0.15, -0.1) is 0 Å². The van der Waals surface area contributed by atoms with Crippen molar-refractivity contribution in [2.45, 2.75) is 242 Å². The number of nitrogens with one attached hydrogen (secondary N) is 2. The van der Waals surface area contributed by atoms with Crippen LogP contribution < -0.4 is 10.6 Å². The lowest BCUT2D eigenvalue weighted by molar-refractivity contribution is -0.0135. The van der Waals surface area contributed by atoms with Crippen LogP contribution in [0, 0.1) is 65.1 Å². The Hall–Kier alpha value is -0.420. The molecule has 0 aromatic heterocycles. The van der Waals surface area contributed by atoms with E-state index in [1.807, 2.05) is 0 Å². The summed E-state index contributed by atoms with van der Waals surface area (Å²) in [6, 6.07) is 5.69. The molecule has 3 heterocycles. The van der Waals surface area contributed by atoms with Crippen LogP contribution >= 0.6 is 0 Å². The van der Waals surface area contributed by atoms with E-state index >= 15 is 0 Å². The molecule has 3 aliphatic heterocycles. The standard InChI is InChI=1S/C51H84N4/c1-33-25-27-36(28-26-33)44-32-43(35-14-3-2-4-15-35)52-51(53-44)55-47-22-10-8-19-41(47)50-39(20-12-24-49(50)55)37-29-30-48-42(31-37)40-18-7-9-21-46(40)54(48)45-23-11-16-34-13-5-6-17-38(34)45/h12,24,33-53H,2-11,13-23,25-32H2,1H3/t33?,34?,36?,37?,38?,39?,40?,41?,42?,43?,44?,45?,46-,47?,48?,49?,50?,51?/m1/s1. The topological polar surface area (TPSA) is 30.5 Å². The second-order valence-corrected chi connectivity index (χ2v) is 22.9. The zero-order valence-corrected chi connectivity index (χ0v) is 35.5. The quantitative estimate of drug-likeness (QED) is 0.274. The van der Waals surface area contributed by atoms with Gasteiger partial charge >= 0.3 is 0 Å². The average molecular weight is 753 g/mol. The van der Waals surface area contributed by atoms with Crippen molar-refractivity contribution < 1.29 is 0 Å². The first-order valence-electron chi connectivity index (χ1n) is 25.9. The molecule has 0 radical (unpaired) electrons. The molecule has 4 nitrogen and oxygen atoms in total. The van der Waals surface area contributed by atoms with E-state index in [1.165, 1.54) is 135 Å². The number of hydrogen-bond donors (Lipinski definition) is 2. The van der Waals surface area contributed by atoms with E-state index in [0.717, 1.165) is 95.3 Å². The van der Waals surface area contributed by atoms with E-state index in [1.54, 1.807) is 51.4 Å². The Bertz CT molecular complexity index is 1310.